The highest BCUT2D eigenvalue weighted by Crippen LogP contribution is 2.46. The van der Waals surface area contributed by atoms with Crippen molar-refractivity contribution < 1.29 is 27.1 Å². The summed E-state index contributed by atoms with van der Waals surface area (Å²) in [7, 11) is 0. The van der Waals surface area contributed by atoms with Crippen LogP contribution in [0.3, 0.4) is 0 Å². The average molecular weight is 507 g/mol. The number of nitrogens with two attached hydrogens (primary N) is 1. The van der Waals surface area contributed by atoms with Crippen LogP contribution in [0.25, 0.3) is 0 Å². The number of nitrogens with one attached hydrogen (secondary N) is 1. The standard InChI is InChI=1S/C22H21F3N6O3S/c1-21(11-23)10-22(2,31-20(26)35-21)13-5-12(6-14(24)18(13)25)30-19(32)15-7-29-16(8-28-15)34-9-17-27-3-4-33-17/h3-8H,9-11H2,1-2H3,(H2,26,31)(H,30,32)/t21-,22+/m1/s1. The zero-order valence-electron chi connectivity index (χ0n) is 18.7. The van der Waals surface area contributed by atoms with Crippen LogP contribution in [-0.2, 0) is 12.1 Å². The summed E-state index contributed by atoms with van der Waals surface area (Å²) >= 11 is 1.04. The number of amides is 1. The summed E-state index contributed by atoms with van der Waals surface area (Å²) in [5.41, 5.74) is 4.24. The highest BCUT2D eigenvalue weighted by Gasteiger charge is 2.44. The number of nitrogens with zero attached hydrogens (tertiary/aromatic N) is 4. The Bertz CT molecular complexity index is 1260. The Morgan fingerprint density at radius 2 is 2.06 bits per heavy atom. The zero-order chi connectivity index (χ0) is 25.2. The number of alkyl halides is 1. The van der Waals surface area contributed by atoms with Crippen LogP contribution in [0.2, 0.25) is 0 Å². The van der Waals surface area contributed by atoms with Gasteiger partial charge in [0.15, 0.2) is 23.4 Å². The van der Waals surface area contributed by atoms with Crippen molar-refractivity contribution in [1.82, 2.24) is 15.0 Å². The first-order valence-corrected chi connectivity index (χ1v) is 11.2. The van der Waals surface area contributed by atoms with Gasteiger partial charge < -0.3 is 20.2 Å². The van der Waals surface area contributed by atoms with Crippen LogP contribution in [0.5, 0.6) is 5.88 Å². The van der Waals surface area contributed by atoms with Crippen LogP contribution in [-0.4, -0.2) is 37.4 Å². The van der Waals surface area contributed by atoms with E-state index in [2.05, 4.69) is 25.3 Å². The Morgan fingerprint density at radius 1 is 1.26 bits per heavy atom. The van der Waals surface area contributed by atoms with Crippen LogP contribution < -0.4 is 15.8 Å². The summed E-state index contributed by atoms with van der Waals surface area (Å²) in [5.74, 6) is -2.60. The number of aromatic nitrogens is 3. The molecule has 1 aliphatic rings. The monoisotopic (exact) mass is 506 g/mol. The number of halogens is 3. The Balaban J connectivity index is 1.53. The van der Waals surface area contributed by atoms with E-state index in [1.165, 1.54) is 30.9 Å². The van der Waals surface area contributed by atoms with Gasteiger partial charge in [-0.2, -0.15) is 0 Å². The molecule has 0 saturated heterocycles. The third-order valence-electron chi connectivity index (χ3n) is 5.26. The quantitative estimate of drug-likeness (QED) is 0.493. The Hall–Kier alpha value is -3.61. The van der Waals surface area contributed by atoms with Crippen molar-refractivity contribution in [1.29, 1.82) is 0 Å². The van der Waals surface area contributed by atoms with Gasteiger partial charge in [0.25, 0.3) is 5.91 Å². The maximum Gasteiger partial charge on any atom is 0.275 e. The number of hydrogen-bond acceptors (Lipinski definition) is 9. The topological polar surface area (TPSA) is 129 Å². The number of carbonyl (C=O) groups is 1. The van der Waals surface area contributed by atoms with Gasteiger partial charge in [-0.1, -0.05) is 11.8 Å². The number of carbonyl (C=O) groups excluding carboxylic acids is 1. The fraction of sp³-hybridized carbons (Fsp3) is 0.318. The molecular formula is C22H21F3N6O3S. The lowest BCUT2D eigenvalue weighted by atomic mass is 9.83. The van der Waals surface area contributed by atoms with Gasteiger partial charge in [-0.15, -0.1) is 0 Å². The van der Waals surface area contributed by atoms with Gasteiger partial charge in [-0.25, -0.2) is 28.1 Å². The molecule has 0 saturated carbocycles. The minimum atomic E-state index is -1.34. The molecule has 3 heterocycles. The smallest absolute Gasteiger partial charge is 0.275 e. The molecule has 1 amide bonds. The van der Waals surface area contributed by atoms with Crippen LogP contribution in [0.4, 0.5) is 18.9 Å². The van der Waals surface area contributed by atoms with Crippen molar-refractivity contribution in [3.05, 3.63) is 65.8 Å². The zero-order valence-corrected chi connectivity index (χ0v) is 19.5. The molecule has 1 aromatic carbocycles. The van der Waals surface area contributed by atoms with Crippen molar-refractivity contribution in [2.45, 2.75) is 37.2 Å². The van der Waals surface area contributed by atoms with Crippen LogP contribution in [0.1, 0.15) is 42.2 Å². The number of rotatable bonds is 7. The Labute approximate surface area is 202 Å². The summed E-state index contributed by atoms with van der Waals surface area (Å²) in [5, 5.41) is 2.53. The SMILES string of the molecule is C[C@]1(CF)C[C@@](C)(c2cc(NC(=O)c3cnc(OCc4ncco4)cn3)cc(F)c2F)N=C(N)S1. The molecule has 3 aromatic rings. The van der Waals surface area contributed by atoms with Gasteiger partial charge in [0.2, 0.25) is 11.8 Å². The van der Waals surface area contributed by atoms with E-state index in [0.29, 0.717) is 5.89 Å². The lowest BCUT2D eigenvalue weighted by molar-refractivity contribution is 0.102. The molecule has 13 heteroatoms. The summed E-state index contributed by atoms with van der Waals surface area (Å²) in [6.07, 6.45) is 5.32. The number of ether oxygens (including phenoxy) is 1. The van der Waals surface area contributed by atoms with Crippen molar-refractivity contribution in [3.8, 4) is 5.88 Å². The normalized spacial score (nSPS) is 21.9. The molecule has 0 spiro atoms. The number of benzene rings is 1. The van der Waals surface area contributed by atoms with Gasteiger partial charge in [0.05, 0.1) is 28.9 Å². The highest BCUT2D eigenvalue weighted by atomic mass is 32.2. The van der Waals surface area contributed by atoms with E-state index in [0.717, 1.165) is 17.8 Å². The predicted octanol–water partition coefficient (Wildman–Crippen LogP) is 3.97. The maximum atomic E-state index is 14.8. The molecule has 3 N–H and O–H groups in total. The molecule has 0 bridgehead atoms. The minimum Gasteiger partial charge on any atom is -0.467 e. The van der Waals surface area contributed by atoms with Crippen molar-refractivity contribution >= 4 is 28.5 Å². The molecule has 184 valence electrons. The van der Waals surface area contributed by atoms with Gasteiger partial charge >= 0.3 is 0 Å². The predicted molar refractivity (Wildman–Crippen MR) is 123 cm³/mol. The Kier molecular flexibility index (Phi) is 6.70. The average Bonchev–Trinajstić information content (AvgIpc) is 3.33. The third-order valence-corrected chi connectivity index (χ3v) is 6.31. The van der Waals surface area contributed by atoms with E-state index >= 15 is 0 Å². The summed E-state index contributed by atoms with van der Waals surface area (Å²) in [6.45, 7) is 2.46. The summed E-state index contributed by atoms with van der Waals surface area (Å²) < 4.78 is 52.4. The Morgan fingerprint density at radius 3 is 2.71 bits per heavy atom. The molecular weight excluding hydrogens is 485 g/mol. The lowest BCUT2D eigenvalue weighted by Crippen LogP contribution is -2.42. The van der Waals surface area contributed by atoms with Crippen LogP contribution >= 0.6 is 11.8 Å². The number of anilines is 1. The van der Waals surface area contributed by atoms with E-state index in [1.807, 2.05) is 0 Å². The molecule has 2 aromatic heterocycles. The molecule has 9 nitrogen and oxygen atoms in total. The van der Waals surface area contributed by atoms with E-state index in [-0.39, 0.29) is 41.0 Å². The van der Waals surface area contributed by atoms with E-state index in [4.69, 9.17) is 14.9 Å². The molecule has 0 fully saturated rings. The molecule has 0 unspecified atom stereocenters. The second-order valence-electron chi connectivity index (χ2n) is 8.31. The molecule has 1 aliphatic heterocycles. The number of oxazole rings is 1. The van der Waals surface area contributed by atoms with Crippen molar-refractivity contribution in [2.24, 2.45) is 10.7 Å². The molecule has 2 atom stereocenters. The summed E-state index contributed by atoms with van der Waals surface area (Å²) in [6, 6.07) is 2.09. The van der Waals surface area contributed by atoms with Crippen LogP contribution in [0.15, 0.2) is 46.4 Å². The number of hydrogen-bond donors (Lipinski definition) is 2. The number of thioether (sulfide) groups is 1. The molecule has 4 rings (SSSR count). The van der Waals surface area contributed by atoms with Crippen LogP contribution in [0, 0.1) is 11.6 Å². The second kappa shape index (κ2) is 9.56. The second-order valence-corrected chi connectivity index (χ2v) is 9.92. The first kappa shape index (κ1) is 24.5. The first-order chi connectivity index (χ1) is 16.6. The lowest BCUT2D eigenvalue weighted by Gasteiger charge is -2.39. The summed E-state index contributed by atoms with van der Waals surface area (Å²) in [4.78, 5) is 28.8. The third kappa shape index (κ3) is 5.39. The largest absolute Gasteiger partial charge is 0.467 e. The van der Waals surface area contributed by atoms with E-state index in [9.17, 15) is 18.0 Å². The highest BCUT2D eigenvalue weighted by molar-refractivity contribution is 8.15. The van der Waals surface area contributed by atoms with Crippen molar-refractivity contribution in [2.75, 3.05) is 12.0 Å². The maximum absolute atomic E-state index is 14.8. The first-order valence-electron chi connectivity index (χ1n) is 10.4. The van der Waals surface area contributed by atoms with E-state index in [1.54, 1.807) is 13.8 Å². The minimum absolute atomic E-state index is 0.0244. The fourth-order valence-electron chi connectivity index (χ4n) is 3.77. The number of amidine groups is 1. The van der Waals surface area contributed by atoms with Crippen molar-refractivity contribution in [3.63, 3.8) is 0 Å². The van der Waals surface area contributed by atoms with Gasteiger partial charge in [0, 0.05) is 17.3 Å². The van der Waals surface area contributed by atoms with Gasteiger partial charge in [-0.05, 0) is 26.3 Å². The molecule has 0 radical (unpaired) electrons. The van der Waals surface area contributed by atoms with E-state index < -0.39 is 34.5 Å². The van der Waals surface area contributed by atoms with Gasteiger partial charge in [-0.3, -0.25) is 9.79 Å². The van der Waals surface area contributed by atoms with Gasteiger partial charge in [0.1, 0.15) is 18.6 Å². The molecule has 0 aliphatic carbocycles. The fourth-order valence-corrected chi connectivity index (χ4v) is 4.93. The molecule has 35 heavy (non-hydrogen) atoms. The number of aliphatic imine (C=N–C) groups is 1.